The van der Waals surface area contributed by atoms with Crippen LogP contribution in [0.1, 0.15) is 80.1 Å². The smallest absolute Gasteiger partial charge is 0.303 e. The highest BCUT2D eigenvalue weighted by Gasteiger charge is 2.57. The third-order valence-electron chi connectivity index (χ3n) is 6.25. The van der Waals surface area contributed by atoms with Gasteiger partial charge in [0.1, 0.15) is 6.10 Å². The zero-order chi connectivity index (χ0) is 18.8. The van der Waals surface area contributed by atoms with Crippen LogP contribution < -0.4 is 0 Å². The fraction of sp³-hybridized carbons (Fsp3) is 0.773. The summed E-state index contributed by atoms with van der Waals surface area (Å²) in [4.78, 5) is 11.4. The molecular formula is C22H36O3. The minimum atomic E-state index is -0.781. The van der Waals surface area contributed by atoms with Gasteiger partial charge in [-0.2, -0.15) is 0 Å². The molecule has 0 heterocycles. The fourth-order valence-electron chi connectivity index (χ4n) is 4.63. The molecule has 5 atom stereocenters. The second-order valence-corrected chi connectivity index (χ2v) is 9.15. The summed E-state index contributed by atoms with van der Waals surface area (Å²) >= 11 is 0. The standard InChI is InChI=1S/C22H36O3/c1-15(2)8-7-10-21(5)11-9-16(3)12-18(25-17(4)23)14-22(6,24)20-13-19(20)21/h8,12,18-20,24H,7,9-11,13-14H2,1-6H3/b16-12+/t18-,19-,20-,21-,22-/m0/s1. The van der Waals surface area contributed by atoms with Gasteiger partial charge < -0.3 is 9.84 Å². The molecule has 3 nitrogen and oxygen atoms in total. The molecule has 0 unspecified atom stereocenters. The van der Waals surface area contributed by atoms with Gasteiger partial charge in [-0.1, -0.05) is 24.1 Å². The summed E-state index contributed by atoms with van der Waals surface area (Å²) in [5, 5.41) is 11.1. The average Bonchev–Trinajstić information content (AvgIpc) is 3.24. The zero-order valence-corrected chi connectivity index (χ0v) is 16.9. The van der Waals surface area contributed by atoms with Crippen molar-refractivity contribution in [1.82, 2.24) is 0 Å². The van der Waals surface area contributed by atoms with Crippen LogP contribution in [-0.4, -0.2) is 22.8 Å². The van der Waals surface area contributed by atoms with Crippen molar-refractivity contribution in [1.29, 1.82) is 0 Å². The molecular weight excluding hydrogens is 312 g/mol. The third-order valence-corrected chi connectivity index (χ3v) is 6.25. The van der Waals surface area contributed by atoms with E-state index >= 15 is 0 Å². The minimum absolute atomic E-state index is 0.268. The van der Waals surface area contributed by atoms with Gasteiger partial charge in [-0.15, -0.1) is 0 Å². The van der Waals surface area contributed by atoms with E-state index in [0.29, 0.717) is 18.3 Å². The van der Waals surface area contributed by atoms with Gasteiger partial charge in [-0.25, -0.2) is 0 Å². The Bertz CT molecular complexity index is 554. The molecule has 1 N–H and O–H groups in total. The Morgan fingerprint density at radius 3 is 2.60 bits per heavy atom. The van der Waals surface area contributed by atoms with Gasteiger partial charge in [0.05, 0.1) is 5.60 Å². The number of fused-ring (bicyclic) bond motifs is 1. The van der Waals surface area contributed by atoms with Gasteiger partial charge in [0, 0.05) is 13.3 Å². The first-order chi connectivity index (χ1) is 11.5. The Hall–Kier alpha value is -1.09. The summed E-state index contributed by atoms with van der Waals surface area (Å²) in [5.41, 5.74) is 2.12. The minimum Gasteiger partial charge on any atom is -0.458 e. The lowest BCUT2D eigenvalue weighted by atomic mass is 9.72. The quantitative estimate of drug-likeness (QED) is 0.562. The maximum absolute atomic E-state index is 11.4. The van der Waals surface area contributed by atoms with Crippen LogP contribution in [0.25, 0.3) is 0 Å². The number of rotatable bonds is 4. The molecule has 0 spiro atoms. The van der Waals surface area contributed by atoms with E-state index in [4.69, 9.17) is 4.74 Å². The second kappa shape index (κ2) is 7.65. The summed E-state index contributed by atoms with van der Waals surface area (Å²) in [6.45, 7) is 12.2. The molecule has 1 saturated carbocycles. The number of hydrogen-bond acceptors (Lipinski definition) is 3. The molecule has 1 fully saturated rings. The van der Waals surface area contributed by atoms with Crippen molar-refractivity contribution in [2.75, 3.05) is 0 Å². The van der Waals surface area contributed by atoms with Crippen LogP contribution in [0.3, 0.4) is 0 Å². The maximum atomic E-state index is 11.4. The first-order valence-corrected chi connectivity index (χ1v) is 9.74. The van der Waals surface area contributed by atoms with Crippen molar-refractivity contribution in [3.8, 4) is 0 Å². The molecule has 0 radical (unpaired) electrons. The van der Waals surface area contributed by atoms with E-state index < -0.39 is 5.60 Å². The van der Waals surface area contributed by atoms with Gasteiger partial charge in [-0.05, 0) is 83.1 Å². The van der Waals surface area contributed by atoms with Gasteiger partial charge in [-0.3, -0.25) is 4.79 Å². The summed E-state index contributed by atoms with van der Waals surface area (Å²) in [6, 6.07) is 0. The molecule has 0 aromatic rings. The van der Waals surface area contributed by atoms with E-state index in [1.165, 1.54) is 24.5 Å². The summed E-state index contributed by atoms with van der Waals surface area (Å²) in [6.07, 6.45) is 10.1. The predicted octanol–water partition coefficient (Wildman–Crippen LogP) is 5.19. The summed E-state index contributed by atoms with van der Waals surface area (Å²) in [7, 11) is 0. The molecule has 0 bridgehead atoms. The third kappa shape index (κ3) is 5.44. The van der Waals surface area contributed by atoms with Gasteiger partial charge >= 0.3 is 5.97 Å². The highest BCUT2D eigenvalue weighted by atomic mass is 16.5. The Morgan fingerprint density at radius 2 is 2.00 bits per heavy atom. The molecule has 0 saturated heterocycles. The van der Waals surface area contributed by atoms with E-state index in [1.54, 1.807) is 0 Å². The number of aliphatic hydroxyl groups is 1. The monoisotopic (exact) mass is 348 g/mol. The Morgan fingerprint density at radius 1 is 1.32 bits per heavy atom. The van der Waals surface area contributed by atoms with Crippen LogP contribution in [0.2, 0.25) is 0 Å². The first-order valence-electron chi connectivity index (χ1n) is 9.74. The highest BCUT2D eigenvalue weighted by molar-refractivity contribution is 5.66. The Labute approximate surface area is 153 Å². The van der Waals surface area contributed by atoms with E-state index in [0.717, 1.165) is 25.7 Å². The molecule has 3 heteroatoms. The van der Waals surface area contributed by atoms with Crippen LogP contribution in [0.4, 0.5) is 0 Å². The number of allylic oxidation sites excluding steroid dienone is 3. The molecule has 0 aliphatic heterocycles. The normalized spacial score (nSPS) is 40.3. The van der Waals surface area contributed by atoms with E-state index in [-0.39, 0.29) is 17.5 Å². The lowest BCUT2D eigenvalue weighted by Gasteiger charge is -2.35. The largest absolute Gasteiger partial charge is 0.458 e. The molecule has 0 aromatic carbocycles. The van der Waals surface area contributed by atoms with Gasteiger partial charge in [0.2, 0.25) is 0 Å². The maximum Gasteiger partial charge on any atom is 0.303 e. The molecule has 2 aliphatic carbocycles. The van der Waals surface area contributed by atoms with Crippen LogP contribution in [-0.2, 0) is 9.53 Å². The molecule has 25 heavy (non-hydrogen) atoms. The molecule has 0 amide bonds. The van der Waals surface area contributed by atoms with Crippen molar-refractivity contribution < 1.29 is 14.6 Å². The van der Waals surface area contributed by atoms with Crippen LogP contribution >= 0.6 is 0 Å². The predicted molar refractivity (Wildman–Crippen MR) is 102 cm³/mol. The summed E-state index contributed by atoms with van der Waals surface area (Å²) < 4.78 is 5.46. The van der Waals surface area contributed by atoms with Gasteiger partial charge in [0.15, 0.2) is 0 Å². The van der Waals surface area contributed by atoms with Crippen molar-refractivity contribution in [3.05, 3.63) is 23.3 Å². The molecule has 2 rings (SSSR count). The number of esters is 1. The molecule has 0 aromatic heterocycles. The van der Waals surface area contributed by atoms with Crippen molar-refractivity contribution >= 4 is 5.97 Å². The number of hydrogen-bond donors (Lipinski definition) is 1. The average molecular weight is 349 g/mol. The SMILES string of the molecule is CC(=O)O[C@H]1/C=C(\C)CC[C@](C)(CCC=C(C)C)[C@H]2C[C@@H]2[C@@](C)(O)C1. The molecule has 142 valence electrons. The fourth-order valence-corrected chi connectivity index (χ4v) is 4.63. The number of carbonyl (C=O) groups excluding carboxylic acids is 1. The van der Waals surface area contributed by atoms with Gasteiger partial charge in [0.25, 0.3) is 0 Å². The van der Waals surface area contributed by atoms with Crippen molar-refractivity contribution in [2.24, 2.45) is 17.3 Å². The topological polar surface area (TPSA) is 46.5 Å². The number of ether oxygens (including phenoxy) is 1. The first kappa shape index (κ1) is 20.2. The summed E-state index contributed by atoms with van der Waals surface area (Å²) in [5.74, 6) is 0.604. The Kier molecular flexibility index (Phi) is 6.19. The van der Waals surface area contributed by atoms with Crippen LogP contribution in [0.5, 0.6) is 0 Å². The van der Waals surface area contributed by atoms with Crippen molar-refractivity contribution in [2.45, 2.75) is 91.8 Å². The second-order valence-electron chi connectivity index (χ2n) is 9.15. The van der Waals surface area contributed by atoms with Crippen LogP contribution in [0.15, 0.2) is 23.3 Å². The number of carbonyl (C=O) groups is 1. The lowest BCUT2D eigenvalue weighted by molar-refractivity contribution is -0.146. The Balaban J connectivity index is 2.20. The zero-order valence-electron chi connectivity index (χ0n) is 16.9. The van der Waals surface area contributed by atoms with E-state index in [9.17, 15) is 9.90 Å². The van der Waals surface area contributed by atoms with E-state index in [1.807, 2.05) is 6.92 Å². The van der Waals surface area contributed by atoms with Crippen LogP contribution in [0, 0.1) is 17.3 Å². The van der Waals surface area contributed by atoms with E-state index in [2.05, 4.69) is 39.8 Å². The highest BCUT2D eigenvalue weighted by Crippen LogP contribution is 2.60. The molecule has 2 aliphatic rings. The lowest BCUT2D eigenvalue weighted by Crippen LogP contribution is -2.36. The van der Waals surface area contributed by atoms with Crippen molar-refractivity contribution in [3.63, 3.8) is 0 Å².